The van der Waals surface area contributed by atoms with E-state index in [1.54, 1.807) is 6.07 Å². The Bertz CT molecular complexity index is 445. The molecule has 0 aliphatic rings. The Morgan fingerprint density at radius 3 is 2.75 bits per heavy atom. The zero-order valence-electron chi connectivity index (χ0n) is 13.1. The highest BCUT2D eigenvalue weighted by Gasteiger charge is 2.08. The highest BCUT2D eigenvalue weighted by Crippen LogP contribution is 2.17. The van der Waals surface area contributed by atoms with Gasteiger partial charge in [0.25, 0.3) is 0 Å². The number of nitrogens with zero attached hydrogens (tertiary/aromatic N) is 1. The Labute approximate surface area is 122 Å². The van der Waals surface area contributed by atoms with Crippen LogP contribution in [0.25, 0.3) is 0 Å². The van der Waals surface area contributed by atoms with Gasteiger partial charge in [-0.2, -0.15) is 0 Å². The van der Waals surface area contributed by atoms with Gasteiger partial charge in [0.1, 0.15) is 0 Å². The van der Waals surface area contributed by atoms with Crippen molar-refractivity contribution in [2.24, 2.45) is 0 Å². The van der Waals surface area contributed by atoms with Crippen LogP contribution in [0.4, 0.5) is 11.4 Å². The number of hydrogen-bond acceptors (Lipinski definition) is 3. The number of benzene rings is 1. The minimum absolute atomic E-state index is 0.0652. The fraction of sp³-hybridized carbons (Fsp3) is 0.562. The summed E-state index contributed by atoms with van der Waals surface area (Å²) in [5.41, 5.74) is 8.26. The first-order chi connectivity index (χ1) is 9.43. The minimum atomic E-state index is 0.0652. The molecule has 4 nitrogen and oxygen atoms in total. The molecule has 20 heavy (non-hydrogen) atoms. The van der Waals surface area contributed by atoms with Gasteiger partial charge in [-0.15, -0.1) is 0 Å². The quantitative estimate of drug-likeness (QED) is 0.753. The van der Waals surface area contributed by atoms with E-state index in [2.05, 4.69) is 31.1 Å². The predicted molar refractivity (Wildman–Crippen MR) is 85.8 cm³/mol. The van der Waals surface area contributed by atoms with Crippen molar-refractivity contribution in [1.29, 1.82) is 0 Å². The van der Waals surface area contributed by atoms with Crippen LogP contribution in [0, 0.1) is 6.92 Å². The normalized spacial score (nSPS) is 12.4. The maximum absolute atomic E-state index is 11.9. The lowest BCUT2D eigenvalue weighted by atomic mass is 10.1. The van der Waals surface area contributed by atoms with Gasteiger partial charge in [0.2, 0.25) is 5.91 Å². The van der Waals surface area contributed by atoms with Crippen molar-refractivity contribution in [2.45, 2.75) is 46.1 Å². The van der Waals surface area contributed by atoms with Crippen molar-refractivity contribution in [3.63, 3.8) is 0 Å². The molecule has 4 heteroatoms. The maximum atomic E-state index is 11.9. The first-order valence-corrected chi connectivity index (χ1v) is 7.30. The topological polar surface area (TPSA) is 58.4 Å². The van der Waals surface area contributed by atoms with Crippen LogP contribution in [0.3, 0.4) is 0 Å². The van der Waals surface area contributed by atoms with E-state index in [0.717, 1.165) is 36.3 Å². The summed E-state index contributed by atoms with van der Waals surface area (Å²) in [5, 5.41) is 2.94. The van der Waals surface area contributed by atoms with Crippen LogP contribution < -0.4 is 11.1 Å². The molecular formula is C16H27N3O. The Morgan fingerprint density at radius 2 is 2.15 bits per heavy atom. The molecule has 0 aromatic heterocycles. The van der Waals surface area contributed by atoms with Crippen molar-refractivity contribution in [3.8, 4) is 0 Å². The van der Waals surface area contributed by atoms with Gasteiger partial charge in [-0.05, 0) is 64.0 Å². The van der Waals surface area contributed by atoms with Gasteiger partial charge in [0, 0.05) is 23.8 Å². The molecule has 1 aromatic rings. The molecule has 3 N–H and O–H groups in total. The fourth-order valence-electron chi connectivity index (χ4n) is 2.06. The van der Waals surface area contributed by atoms with Crippen molar-refractivity contribution in [2.75, 3.05) is 24.6 Å². The third-order valence-corrected chi connectivity index (χ3v) is 3.78. The molecule has 0 heterocycles. The lowest BCUT2D eigenvalue weighted by molar-refractivity contribution is -0.116. The molecule has 0 saturated carbocycles. The molecule has 0 saturated heterocycles. The summed E-state index contributed by atoms with van der Waals surface area (Å²) in [6.07, 6.45) is 2.55. The fourth-order valence-corrected chi connectivity index (χ4v) is 2.06. The minimum Gasteiger partial charge on any atom is -0.399 e. The smallest absolute Gasteiger partial charge is 0.224 e. The van der Waals surface area contributed by atoms with Crippen LogP contribution in [0.1, 0.15) is 38.7 Å². The van der Waals surface area contributed by atoms with Gasteiger partial charge in [0.15, 0.2) is 0 Å². The Balaban J connectivity index is 2.37. The summed E-state index contributed by atoms with van der Waals surface area (Å²) in [7, 11) is 2.11. The second-order valence-electron chi connectivity index (χ2n) is 5.46. The van der Waals surface area contributed by atoms with Gasteiger partial charge in [0.05, 0.1) is 0 Å². The standard InChI is InChI=1S/C16H27N3O/c1-5-13(3)19(4)10-6-7-16(20)18-15-9-8-14(17)11-12(15)2/h8-9,11,13H,5-7,10,17H2,1-4H3,(H,18,20). The first kappa shape index (κ1) is 16.5. The van der Waals surface area contributed by atoms with E-state index in [1.165, 1.54) is 0 Å². The number of carbonyl (C=O) groups excluding carboxylic acids is 1. The van der Waals surface area contributed by atoms with Gasteiger partial charge in [-0.3, -0.25) is 4.79 Å². The third-order valence-electron chi connectivity index (χ3n) is 3.78. The maximum Gasteiger partial charge on any atom is 0.224 e. The lowest BCUT2D eigenvalue weighted by Gasteiger charge is -2.23. The van der Waals surface area contributed by atoms with E-state index in [-0.39, 0.29) is 5.91 Å². The molecule has 112 valence electrons. The summed E-state index contributed by atoms with van der Waals surface area (Å²) >= 11 is 0. The average molecular weight is 277 g/mol. The third kappa shape index (κ3) is 5.21. The van der Waals surface area contributed by atoms with E-state index in [9.17, 15) is 4.79 Å². The number of aryl methyl sites for hydroxylation is 1. The molecule has 0 aliphatic heterocycles. The van der Waals surface area contributed by atoms with E-state index < -0.39 is 0 Å². The zero-order chi connectivity index (χ0) is 15.1. The molecule has 0 spiro atoms. The summed E-state index contributed by atoms with van der Waals surface area (Å²) in [5.74, 6) is 0.0652. The van der Waals surface area contributed by atoms with Crippen LogP contribution in [-0.2, 0) is 4.79 Å². The molecule has 0 radical (unpaired) electrons. The SMILES string of the molecule is CCC(C)N(C)CCCC(=O)Nc1ccc(N)cc1C. The molecule has 0 bridgehead atoms. The van der Waals surface area contributed by atoms with Crippen LogP contribution in [0.5, 0.6) is 0 Å². The van der Waals surface area contributed by atoms with Gasteiger partial charge in [-0.1, -0.05) is 6.92 Å². The van der Waals surface area contributed by atoms with Gasteiger partial charge in [-0.25, -0.2) is 0 Å². The van der Waals surface area contributed by atoms with E-state index in [0.29, 0.717) is 12.5 Å². The molecule has 1 rings (SSSR count). The van der Waals surface area contributed by atoms with E-state index in [1.807, 2.05) is 19.1 Å². The molecule has 1 amide bonds. The van der Waals surface area contributed by atoms with Gasteiger partial charge >= 0.3 is 0 Å². The Hall–Kier alpha value is -1.55. The molecule has 1 unspecified atom stereocenters. The largest absolute Gasteiger partial charge is 0.399 e. The Kier molecular flexibility index (Phi) is 6.52. The van der Waals surface area contributed by atoms with Crippen molar-refractivity contribution >= 4 is 17.3 Å². The Morgan fingerprint density at radius 1 is 1.45 bits per heavy atom. The van der Waals surface area contributed by atoms with Crippen molar-refractivity contribution < 1.29 is 4.79 Å². The number of amides is 1. The second kappa shape index (κ2) is 7.90. The lowest BCUT2D eigenvalue weighted by Crippen LogP contribution is -2.29. The number of nitrogens with two attached hydrogens (primary N) is 1. The predicted octanol–water partition coefficient (Wildman–Crippen LogP) is 3.03. The van der Waals surface area contributed by atoms with Crippen LogP contribution in [-0.4, -0.2) is 30.4 Å². The summed E-state index contributed by atoms with van der Waals surface area (Å²) in [6.45, 7) is 7.28. The highest BCUT2D eigenvalue weighted by atomic mass is 16.1. The monoisotopic (exact) mass is 277 g/mol. The molecule has 0 aliphatic carbocycles. The number of nitrogen functional groups attached to an aromatic ring is 1. The number of hydrogen-bond donors (Lipinski definition) is 2. The highest BCUT2D eigenvalue weighted by molar-refractivity contribution is 5.91. The van der Waals surface area contributed by atoms with Gasteiger partial charge < -0.3 is 16.0 Å². The molecular weight excluding hydrogens is 250 g/mol. The number of carbonyl (C=O) groups is 1. The molecule has 1 atom stereocenters. The number of rotatable bonds is 7. The van der Waals surface area contributed by atoms with Crippen LogP contribution in [0.15, 0.2) is 18.2 Å². The summed E-state index contributed by atoms with van der Waals surface area (Å²) < 4.78 is 0. The number of anilines is 2. The van der Waals surface area contributed by atoms with Crippen molar-refractivity contribution in [3.05, 3.63) is 23.8 Å². The summed E-state index contributed by atoms with van der Waals surface area (Å²) in [6, 6.07) is 6.09. The van der Waals surface area contributed by atoms with Crippen LogP contribution in [0.2, 0.25) is 0 Å². The zero-order valence-corrected chi connectivity index (χ0v) is 13.1. The molecule has 0 fully saturated rings. The average Bonchev–Trinajstić information content (AvgIpc) is 2.41. The summed E-state index contributed by atoms with van der Waals surface area (Å²) in [4.78, 5) is 14.2. The second-order valence-corrected chi connectivity index (χ2v) is 5.46. The van der Waals surface area contributed by atoms with Crippen molar-refractivity contribution in [1.82, 2.24) is 4.90 Å². The van der Waals surface area contributed by atoms with Crippen LogP contribution >= 0.6 is 0 Å². The van der Waals surface area contributed by atoms with E-state index >= 15 is 0 Å². The number of nitrogens with one attached hydrogen (secondary N) is 1. The molecule has 1 aromatic carbocycles. The first-order valence-electron chi connectivity index (χ1n) is 7.30. The van der Waals surface area contributed by atoms with E-state index in [4.69, 9.17) is 5.73 Å².